The van der Waals surface area contributed by atoms with Gasteiger partial charge in [0, 0.05) is 24.8 Å². The van der Waals surface area contributed by atoms with E-state index < -0.39 is 5.97 Å². The van der Waals surface area contributed by atoms with Crippen LogP contribution in [0.25, 0.3) is 0 Å². The number of esters is 1. The Balaban J connectivity index is 1.91. The van der Waals surface area contributed by atoms with Gasteiger partial charge < -0.3 is 14.5 Å². The molecule has 0 saturated carbocycles. The maximum atomic E-state index is 11.3. The largest absolute Gasteiger partial charge is 0.469 e. The van der Waals surface area contributed by atoms with Crippen LogP contribution in [0.3, 0.4) is 0 Å². The Kier molecular flexibility index (Phi) is 3.96. The summed E-state index contributed by atoms with van der Waals surface area (Å²) in [6.45, 7) is 0.720. The van der Waals surface area contributed by atoms with E-state index in [2.05, 4.69) is 15.0 Å². The van der Waals surface area contributed by atoms with Crippen LogP contribution in [0.15, 0.2) is 41.1 Å². The van der Waals surface area contributed by atoms with Crippen LogP contribution in [0.5, 0.6) is 0 Å². The maximum Gasteiger partial charge on any atom is 0.356 e. The first kappa shape index (κ1) is 12.2. The van der Waals surface area contributed by atoms with Gasteiger partial charge in [-0.1, -0.05) is 0 Å². The van der Waals surface area contributed by atoms with E-state index in [4.69, 9.17) is 4.42 Å². The molecule has 0 radical (unpaired) electrons. The fraction of sp³-hybridized carbons (Fsp3) is 0.231. The number of hydrogen-bond donors (Lipinski definition) is 1. The Morgan fingerprint density at radius 1 is 1.50 bits per heavy atom. The van der Waals surface area contributed by atoms with Gasteiger partial charge >= 0.3 is 5.97 Å². The van der Waals surface area contributed by atoms with Crippen molar-refractivity contribution in [3.63, 3.8) is 0 Å². The van der Waals surface area contributed by atoms with Crippen molar-refractivity contribution < 1.29 is 13.9 Å². The Morgan fingerprint density at radius 3 is 3.11 bits per heavy atom. The molecule has 2 aromatic heterocycles. The van der Waals surface area contributed by atoms with Gasteiger partial charge in [-0.15, -0.1) is 0 Å². The second-order valence-corrected chi connectivity index (χ2v) is 3.68. The van der Waals surface area contributed by atoms with Gasteiger partial charge in [0.25, 0.3) is 0 Å². The summed E-state index contributed by atoms with van der Waals surface area (Å²) in [6, 6.07) is 7.24. The van der Waals surface area contributed by atoms with Gasteiger partial charge in [-0.25, -0.2) is 9.78 Å². The lowest BCUT2D eigenvalue weighted by Crippen LogP contribution is -2.08. The monoisotopic (exact) mass is 246 g/mol. The molecule has 0 bridgehead atoms. The van der Waals surface area contributed by atoms with Crippen LogP contribution >= 0.6 is 0 Å². The zero-order valence-electron chi connectivity index (χ0n) is 10.1. The van der Waals surface area contributed by atoms with E-state index in [0.717, 1.165) is 24.4 Å². The molecule has 0 amide bonds. The number of aromatic nitrogens is 1. The summed E-state index contributed by atoms with van der Waals surface area (Å²) >= 11 is 0. The second kappa shape index (κ2) is 5.86. The van der Waals surface area contributed by atoms with Gasteiger partial charge in [0.2, 0.25) is 0 Å². The van der Waals surface area contributed by atoms with Crippen molar-refractivity contribution in [1.29, 1.82) is 0 Å². The van der Waals surface area contributed by atoms with Gasteiger partial charge in [-0.05, 0) is 24.3 Å². The van der Waals surface area contributed by atoms with E-state index >= 15 is 0 Å². The minimum absolute atomic E-state index is 0.292. The zero-order chi connectivity index (χ0) is 12.8. The second-order valence-electron chi connectivity index (χ2n) is 3.68. The van der Waals surface area contributed by atoms with Crippen molar-refractivity contribution in [3.8, 4) is 0 Å². The van der Waals surface area contributed by atoms with Crippen LogP contribution in [0.1, 0.15) is 16.2 Å². The predicted molar refractivity (Wildman–Crippen MR) is 66.5 cm³/mol. The highest BCUT2D eigenvalue weighted by molar-refractivity contribution is 5.88. The first-order chi connectivity index (χ1) is 8.79. The smallest absolute Gasteiger partial charge is 0.356 e. The number of nitrogens with one attached hydrogen (secondary N) is 1. The molecule has 18 heavy (non-hydrogen) atoms. The molecule has 0 spiro atoms. The molecule has 5 heteroatoms. The van der Waals surface area contributed by atoms with Crippen LogP contribution in [0.4, 0.5) is 5.69 Å². The third-order valence-corrected chi connectivity index (χ3v) is 2.44. The molecule has 0 saturated heterocycles. The number of pyridine rings is 1. The van der Waals surface area contributed by atoms with E-state index in [1.807, 2.05) is 12.1 Å². The van der Waals surface area contributed by atoms with Crippen molar-refractivity contribution in [2.75, 3.05) is 19.0 Å². The Morgan fingerprint density at radius 2 is 2.39 bits per heavy atom. The summed E-state index contributed by atoms with van der Waals surface area (Å²) in [5.41, 5.74) is 1.12. The SMILES string of the molecule is COC(=O)c1cc(NCCc2ccco2)ccn1. The number of ether oxygens (including phenoxy) is 1. The van der Waals surface area contributed by atoms with Crippen molar-refractivity contribution in [1.82, 2.24) is 4.98 Å². The average molecular weight is 246 g/mol. The minimum atomic E-state index is -0.440. The highest BCUT2D eigenvalue weighted by Crippen LogP contribution is 2.09. The van der Waals surface area contributed by atoms with Crippen molar-refractivity contribution in [2.24, 2.45) is 0 Å². The quantitative estimate of drug-likeness (QED) is 0.818. The summed E-state index contributed by atoms with van der Waals surface area (Å²) in [4.78, 5) is 15.2. The average Bonchev–Trinajstić information content (AvgIpc) is 2.91. The number of hydrogen-bond acceptors (Lipinski definition) is 5. The molecular formula is C13H14N2O3. The third kappa shape index (κ3) is 3.10. The normalized spacial score (nSPS) is 10.1. The molecule has 0 unspecified atom stereocenters. The van der Waals surface area contributed by atoms with Gasteiger partial charge in [0.05, 0.1) is 13.4 Å². The number of nitrogens with zero attached hydrogens (tertiary/aromatic N) is 1. The summed E-state index contributed by atoms with van der Waals surface area (Å²) in [5, 5.41) is 3.19. The van der Waals surface area contributed by atoms with Crippen LogP contribution in [-0.2, 0) is 11.2 Å². The lowest BCUT2D eigenvalue weighted by atomic mass is 10.3. The summed E-state index contributed by atoms with van der Waals surface area (Å²) in [5.74, 6) is 0.481. The zero-order valence-corrected chi connectivity index (χ0v) is 10.1. The molecule has 0 aliphatic carbocycles. The number of carbonyl (C=O) groups excluding carboxylic acids is 1. The fourth-order valence-corrected chi connectivity index (χ4v) is 1.54. The summed E-state index contributed by atoms with van der Waals surface area (Å²) in [7, 11) is 1.33. The summed E-state index contributed by atoms with van der Waals surface area (Å²) < 4.78 is 9.83. The van der Waals surface area contributed by atoms with E-state index in [0.29, 0.717) is 5.69 Å². The van der Waals surface area contributed by atoms with Crippen LogP contribution in [0.2, 0.25) is 0 Å². The number of anilines is 1. The molecule has 0 atom stereocenters. The minimum Gasteiger partial charge on any atom is -0.469 e. The lowest BCUT2D eigenvalue weighted by Gasteiger charge is -2.06. The van der Waals surface area contributed by atoms with Crippen LogP contribution in [-0.4, -0.2) is 24.6 Å². The Bertz CT molecular complexity index is 509. The molecule has 2 aromatic rings. The first-order valence-electron chi connectivity index (χ1n) is 5.60. The fourth-order valence-electron chi connectivity index (χ4n) is 1.54. The van der Waals surface area contributed by atoms with E-state index in [9.17, 15) is 4.79 Å². The molecule has 0 aliphatic heterocycles. The van der Waals surface area contributed by atoms with E-state index in [-0.39, 0.29) is 0 Å². The third-order valence-electron chi connectivity index (χ3n) is 2.44. The molecule has 5 nitrogen and oxygen atoms in total. The highest BCUT2D eigenvalue weighted by atomic mass is 16.5. The Labute approximate surface area is 105 Å². The Hall–Kier alpha value is -2.30. The number of carbonyl (C=O) groups is 1. The van der Waals surface area contributed by atoms with Crippen LogP contribution in [0, 0.1) is 0 Å². The molecule has 2 heterocycles. The van der Waals surface area contributed by atoms with Gasteiger partial charge in [-0.2, -0.15) is 0 Å². The van der Waals surface area contributed by atoms with Gasteiger partial charge in [-0.3, -0.25) is 0 Å². The molecule has 2 rings (SSSR count). The molecule has 0 aliphatic rings. The molecule has 0 aromatic carbocycles. The number of furan rings is 1. The number of methoxy groups -OCH3 is 1. The molecule has 0 fully saturated rings. The van der Waals surface area contributed by atoms with Crippen LogP contribution < -0.4 is 5.32 Å². The van der Waals surface area contributed by atoms with Crippen molar-refractivity contribution >= 4 is 11.7 Å². The number of rotatable bonds is 5. The maximum absolute atomic E-state index is 11.3. The van der Waals surface area contributed by atoms with Gasteiger partial charge in [0.15, 0.2) is 0 Å². The van der Waals surface area contributed by atoms with Gasteiger partial charge in [0.1, 0.15) is 11.5 Å². The first-order valence-corrected chi connectivity index (χ1v) is 5.60. The molecule has 94 valence electrons. The van der Waals surface area contributed by atoms with Crippen molar-refractivity contribution in [2.45, 2.75) is 6.42 Å². The molecular weight excluding hydrogens is 232 g/mol. The topological polar surface area (TPSA) is 64.4 Å². The lowest BCUT2D eigenvalue weighted by molar-refractivity contribution is 0.0594. The van der Waals surface area contributed by atoms with E-state index in [1.54, 1.807) is 24.6 Å². The van der Waals surface area contributed by atoms with E-state index in [1.165, 1.54) is 7.11 Å². The summed E-state index contributed by atoms with van der Waals surface area (Å²) in [6.07, 6.45) is 4.00. The molecule has 1 N–H and O–H groups in total. The standard InChI is InChI=1S/C13H14N2O3/c1-17-13(16)12-9-10(4-6-15-12)14-7-5-11-3-2-8-18-11/h2-4,6,8-9H,5,7H2,1H3,(H,14,15). The predicted octanol–water partition coefficient (Wildman–Crippen LogP) is 2.12. The van der Waals surface area contributed by atoms with Crippen molar-refractivity contribution in [3.05, 3.63) is 48.2 Å². The highest BCUT2D eigenvalue weighted by Gasteiger charge is 2.07.